The van der Waals surface area contributed by atoms with Crippen LogP contribution in [0.5, 0.6) is 0 Å². The highest BCUT2D eigenvalue weighted by molar-refractivity contribution is 5.90. The number of aryl methyl sites for hydroxylation is 2. The molecule has 0 aliphatic carbocycles. The Morgan fingerprint density at radius 3 is 2.85 bits per heavy atom. The molecule has 0 radical (unpaired) electrons. The van der Waals surface area contributed by atoms with Gasteiger partial charge in [-0.15, -0.1) is 0 Å². The fraction of sp³-hybridized carbons (Fsp3) is 0.364. The minimum absolute atomic E-state index is 0.134. The normalized spacial score (nSPS) is 12.3. The van der Waals surface area contributed by atoms with E-state index in [0.29, 0.717) is 6.42 Å². The lowest BCUT2D eigenvalue weighted by molar-refractivity contribution is -0.121. The first-order valence-corrected chi connectivity index (χ1v) is 9.40. The molecule has 26 heavy (non-hydrogen) atoms. The van der Waals surface area contributed by atoms with Crippen molar-refractivity contribution in [2.24, 2.45) is 0 Å². The maximum atomic E-state index is 12.1. The fourth-order valence-electron chi connectivity index (χ4n) is 3.23. The first kappa shape index (κ1) is 18.2. The second kappa shape index (κ2) is 8.17. The topological polar surface area (TPSA) is 57.8 Å². The summed E-state index contributed by atoms with van der Waals surface area (Å²) in [5.41, 5.74) is 5.61. The van der Waals surface area contributed by atoms with Crippen LogP contribution in [0, 0.1) is 6.92 Å². The average molecular weight is 349 g/mol. The van der Waals surface area contributed by atoms with E-state index in [0.717, 1.165) is 36.2 Å². The highest BCUT2D eigenvalue weighted by Gasteiger charge is 2.15. The maximum Gasteiger partial charge on any atom is 0.220 e. The number of rotatable bonds is 7. The Bertz CT molecular complexity index is 883. The average Bonchev–Trinajstić information content (AvgIpc) is 3.00. The van der Waals surface area contributed by atoms with E-state index in [9.17, 15) is 4.79 Å². The molecule has 1 atom stereocenters. The Morgan fingerprint density at radius 2 is 2.12 bits per heavy atom. The molecule has 0 fully saturated rings. The lowest BCUT2D eigenvalue weighted by atomic mass is 10.0. The summed E-state index contributed by atoms with van der Waals surface area (Å²) in [6.45, 7) is 6.23. The van der Waals surface area contributed by atoms with E-state index in [2.05, 4.69) is 47.3 Å². The van der Waals surface area contributed by atoms with Gasteiger partial charge in [-0.25, -0.2) is 0 Å². The summed E-state index contributed by atoms with van der Waals surface area (Å²) in [4.78, 5) is 20.1. The summed E-state index contributed by atoms with van der Waals surface area (Å²) in [6.07, 6.45) is 4.99. The van der Waals surface area contributed by atoms with Gasteiger partial charge in [0.05, 0.1) is 11.4 Å². The number of amides is 1. The molecule has 0 saturated heterocycles. The first-order chi connectivity index (χ1) is 12.6. The molecule has 0 aliphatic heterocycles. The van der Waals surface area contributed by atoms with E-state index in [1.54, 1.807) is 0 Å². The molecule has 2 heterocycles. The third-order valence-corrected chi connectivity index (χ3v) is 4.83. The van der Waals surface area contributed by atoms with Crippen LogP contribution in [0.15, 0.2) is 42.6 Å². The van der Waals surface area contributed by atoms with Crippen LogP contribution in [0.4, 0.5) is 0 Å². The molecule has 0 bridgehead atoms. The number of hydrogen-bond donors (Lipinski definition) is 2. The number of aromatic amines is 1. The Morgan fingerprint density at radius 1 is 1.27 bits per heavy atom. The summed E-state index contributed by atoms with van der Waals surface area (Å²) in [5.74, 6) is 0.134. The van der Waals surface area contributed by atoms with Crippen LogP contribution in [0.3, 0.4) is 0 Å². The van der Waals surface area contributed by atoms with Gasteiger partial charge in [0.2, 0.25) is 5.91 Å². The van der Waals surface area contributed by atoms with E-state index in [4.69, 9.17) is 0 Å². The quantitative estimate of drug-likeness (QED) is 0.645. The molecule has 2 aromatic heterocycles. The molecule has 136 valence electrons. The minimum Gasteiger partial charge on any atom is -0.354 e. The van der Waals surface area contributed by atoms with Gasteiger partial charge >= 0.3 is 0 Å². The molecular weight excluding hydrogens is 322 g/mol. The number of hydrogen-bond acceptors (Lipinski definition) is 2. The Hall–Kier alpha value is -2.62. The van der Waals surface area contributed by atoms with Gasteiger partial charge < -0.3 is 10.3 Å². The number of pyridine rings is 1. The lowest BCUT2D eigenvalue weighted by Gasteiger charge is -2.11. The number of aromatic nitrogens is 2. The maximum absolute atomic E-state index is 12.1. The first-order valence-electron chi connectivity index (χ1n) is 9.40. The number of H-pyrrole nitrogens is 1. The summed E-state index contributed by atoms with van der Waals surface area (Å²) in [7, 11) is 0. The van der Waals surface area contributed by atoms with Crippen LogP contribution < -0.4 is 5.32 Å². The van der Waals surface area contributed by atoms with E-state index in [-0.39, 0.29) is 11.9 Å². The van der Waals surface area contributed by atoms with Crippen molar-refractivity contribution in [2.75, 3.05) is 0 Å². The van der Waals surface area contributed by atoms with Crippen LogP contribution in [-0.2, 0) is 11.2 Å². The third kappa shape index (κ3) is 4.13. The molecule has 0 saturated carbocycles. The zero-order chi connectivity index (χ0) is 18.5. The molecular formula is C22H27N3O. The van der Waals surface area contributed by atoms with Crippen molar-refractivity contribution < 1.29 is 4.79 Å². The highest BCUT2D eigenvalue weighted by atomic mass is 16.1. The number of nitrogens with zero attached hydrogens (tertiary/aromatic N) is 1. The van der Waals surface area contributed by atoms with Gasteiger partial charge in [0, 0.05) is 29.6 Å². The second-order valence-corrected chi connectivity index (χ2v) is 6.97. The highest BCUT2D eigenvalue weighted by Crippen LogP contribution is 2.31. The molecule has 0 spiro atoms. The SMILES string of the molecule is CCC(C)NC(=O)CCCc1c(-c2ccccn2)[nH]c2ccc(C)cc12. The molecule has 0 aliphatic rings. The van der Waals surface area contributed by atoms with Crippen LogP contribution >= 0.6 is 0 Å². The van der Waals surface area contributed by atoms with Crippen LogP contribution in [0.25, 0.3) is 22.3 Å². The summed E-state index contributed by atoms with van der Waals surface area (Å²) in [6, 6.07) is 12.6. The van der Waals surface area contributed by atoms with Crippen molar-refractivity contribution in [3.63, 3.8) is 0 Å². The Kier molecular flexibility index (Phi) is 5.71. The predicted octanol–water partition coefficient (Wildman–Crippen LogP) is 4.78. The fourth-order valence-corrected chi connectivity index (χ4v) is 3.23. The van der Waals surface area contributed by atoms with Gasteiger partial charge in [-0.2, -0.15) is 0 Å². The van der Waals surface area contributed by atoms with Crippen molar-refractivity contribution in [1.29, 1.82) is 0 Å². The number of benzene rings is 1. The van der Waals surface area contributed by atoms with Gasteiger partial charge in [-0.05, 0) is 62.9 Å². The van der Waals surface area contributed by atoms with E-state index in [1.807, 2.05) is 31.3 Å². The molecule has 1 amide bonds. The molecule has 2 N–H and O–H groups in total. The van der Waals surface area contributed by atoms with Gasteiger partial charge in [0.25, 0.3) is 0 Å². The van der Waals surface area contributed by atoms with E-state index in [1.165, 1.54) is 16.5 Å². The third-order valence-electron chi connectivity index (χ3n) is 4.83. The van der Waals surface area contributed by atoms with Gasteiger partial charge in [0.1, 0.15) is 0 Å². The van der Waals surface area contributed by atoms with Crippen molar-refractivity contribution in [2.45, 2.75) is 52.5 Å². The smallest absolute Gasteiger partial charge is 0.220 e. The molecule has 4 heteroatoms. The van der Waals surface area contributed by atoms with Crippen molar-refractivity contribution in [3.05, 3.63) is 53.7 Å². The lowest BCUT2D eigenvalue weighted by Crippen LogP contribution is -2.31. The van der Waals surface area contributed by atoms with Crippen molar-refractivity contribution >= 4 is 16.8 Å². The second-order valence-electron chi connectivity index (χ2n) is 6.97. The van der Waals surface area contributed by atoms with Crippen molar-refractivity contribution in [1.82, 2.24) is 15.3 Å². The number of carbonyl (C=O) groups excluding carboxylic acids is 1. The summed E-state index contributed by atoms with van der Waals surface area (Å²) < 4.78 is 0. The van der Waals surface area contributed by atoms with Gasteiger partial charge in [0.15, 0.2) is 0 Å². The Balaban J connectivity index is 1.84. The molecule has 4 nitrogen and oxygen atoms in total. The number of fused-ring (bicyclic) bond motifs is 1. The van der Waals surface area contributed by atoms with E-state index >= 15 is 0 Å². The zero-order valence-corrected chi connectivity index (χ0v) is 15.8. The zero-order valence-electron chi connectivity index (χ0n) is 15.8. The number of carbonyl (C=O) groups is 1. The van der Waals surface area contributed by atoms with Gasteiger partial charge in [-0.1, -0.05) is 24.6 Å². The van der Waals surface area contributed by atoms with Crippen LogP contribution in [-0.4, -0.2) is 21.9 Å². The largest absolute Gasteiger partial charge is 0.354 e. The van der Waals surface area contributed by atoms with Crippen LogP contribution in [0.1, 0.15) is 44.2 Å². The summed E-state index contributed by atoms with van der Waals surface area (Å²) >= 11 is 0. The summed E-state index contributed by atoms with van der Waals surface area (Å²) in [5, 5.41) is 4.27. The predicted molar refractivity (Wildman–Crippen MR) is 107 cm³/mol. The van der Waals surface area contributed by atoms with Crippen LogP contribution in [0.2, 0.25) is 0 Å². The minimum atomic E-state index is 0.134. The van der Waals surface area contributed by atoms with Gasteiger partial charge in [-0.3, -0.25) is 9.78 Å². The van der Waals surface area contributed by atoms with Crippen molar-refractivity contribution in [3.8, 4) is 11.4 Å². The molecule has 1 aromatic carbocycles. The molecule has 1 unspecified atom stereocenters. The molecule has 3 aromatic rings. The Labute approximate surface area is 155 Å². The standard InChI is InChI=1S/C22H27N3O/c1-4-16(3)24-21(26)10-7-8-17-18-14-15(2)11-12-19(18)25-22(17)20-9-5-6-13-23-20/h5-6,9,11-14,16,25H,4,7-8,10H2,1-3H3,(H,24,26). The monoisotopic (exact) mass is 349 g/mol. The van der Waals surface area contributed by atoms with E-state index < -0.39 is 0 Å². The molecule has 3 rings (SSSR count). The number of nitrogens with one attached hydrogen (secondary N) is 2.